The summed E-state index contributed by atoms with van der Waals surface area (Å²) in [5.74, 6) is -0.101. The van der Waals surface area contributed by atoms with E-state index >= 15 is 0 Å². The molecule has 2 aromatic rings. The van der Waals surface area contributed by atoms with E-state index in [4.69, 9.17) is 22.1 Å². The molecule has 1 amide bonds. The van der Waals surface area contributed by atoms with Crippen molar-refractivity contribution in [2.24, 2.45) is 11.8 Å². The molecule has 0 saturated carbocycles. The zero-order valence-corrected chi connectivity index (χ0v) is 18.0. The highest BCUT2D eigenvalue weighted by molar-refractivity contribution is 6.31. The third-order valence-corrected chi connectivity index (χ3v) is 4.45. The number of hydrogen-bond acceptors (Lipinski definition) is 5. The van der Waals surface area contributed by atoms with Gasteiger partial charge in [-0.3, -0.25) is 19.1 Å². The Morgan fingerprint density at radius 1 is 1.24 bits per heavy atom. The van der Waals surface area contributed by atoms with Gasteiger partial charge in [-0.2, -0.15) is 0 Å². The molecular weight excluding hydrogens is 396 g/mol. The number of anilines is 2. The van der Waals surface area contributed by atoms with Gasteiger partial charge in [-0.05, 0) is 30.0 Å². The first kappa shape index (κ1) is 22.5. The normalized spacial score (nSPS) is 11.2. The van der Waals surface area contributed by atoms with E-state index in [9.17, 15) is 14.4 Å². The summed E-state index contributed by atoms with van der Waals surface area (Å²) in [5.41, 5.74) is 5.02. The summed E-state index contributed by atoms with van der Waals surface area (Å²) in [6, 6.07) is 4.66. The van der Waals surface area contributed by atoms with Gasteiger partial charge in [0.2, 0.25) is 0 Å². The number of hydrogen-bond donors (Lipinski definition) is 2. The van der Waals surface area contributed by atoms with Crippen LogP contribution in [-0.4, -0.2) is 29.1 Å². The first-order valence-corrected chi connectivity index (χ1v) is 9.72. The zero-order chi connectivity index (χ0) is 21.9. The number of aromatic amines is 1. The van der Waals surface area contributed by atoms with Crippen molar-refractivity contribution in [2.45, 2.75) is 34.2 Å². The van der Waals surface area contributed by atoms with Crippen molar-refractivity contribution in [2.75, 3.05) is 24.3 Å². The summed E-state index contributed by atoms with van der Waals surface area (Å²) in [6.45, 7) is 8.17. The predicted octanol–water partition coefficient (Wildman–Crippen LogP) is 2.74. The standard InChI is InChI=1S/C20H27ClN4O4/c1-11(2)9-24(19(27)14-8-13(21)6-7-15(14)29-5)16-17(22)25(10-12(3)4)20(28)23-18(16)26/h6-8,11-12H,9-10,22H2,1-5H3,(H,23,26,28). The second-order valence-corrected chi connectivity index (χ2v) is 8.09. The zero-order valence-electron chi connectivity index (χ0n) is 17.3. The molecule has 1 aromatic carbocycles. The smallest absolute Gasteiger partial charge is 0.330 e. The largest absolute Gasteiger partial charge is 0.496 e. The number of methoxy groups -OCH3 is 1. The molecule has 0 unspecified atom stereocenters. The van der Waals surface area contributed by atoms with Crippen LogP contribution in [0.4, 0.5) is 11.5 Å². The van der Waals surface area contributed by atoms with E-state index in [1.54, 1.807) is 12.1 Å². The van der Waals surface area contributed by atoms with E-state index in [1.807, 2.05) is 27.7 Å². The van der Waals surface area contributed by atoms with Gasteiger partial charge in [0.25, 0.3) is 11.5 Å². The van der Waals surface area contributed by atoms with Crippen LogP contribution in [0.2, 0.25) is 5.02 Å². The van der Waals surface area contributed by atoms with Crippen molar-refractivity contribution in [3.05, 3.63) is 49.6 Å². The lowest BCUT2D eigenvalue weighted by Gasteiger charge is -2.27. The lowest BCUT2D eigenvalue weighted by atomic mass is 10.1. The fourth-order valence-corrected chi connectivity index (χ4v) is 3.19. The van der Waals surface area contributed by atoms with Crippen LogP contribution in [0.5, 0.6) is 5.75 Å². The van der Waals surface area contributed by atoms with E-state index in [2.05, 4.69) is 4.98 Å². The molecule has 0 saturated heterocycles. The molecule has 158 valence electrons. The lowest BCUT2D eigenvalue weighted by molar-refractivity contribution is 0.0980. The number of aromatic nitrogens is 2. The average Bonchev–Trinajstić information content (AvgIpc) is 2.63. The average molecular weight is 423 g/mol. The summed E-state index contributed by atoms with van der Waals surface area (Å²) in [5, 5.41) is 0.352. The molecule has 3 N–H and O–H groups in total. The second kappa shape index (κ2) is 9.17. The topological polar surface area (TPSA) is 110 Å². The molecule has 1 heterocycles. The van der Waals surface area contributed by atoms with Gasteiger partial charge in [0.1, 0.15) is 11.6 Å². The van der Waals surface area contributed by atoms with Gasteiger partial charge in [0.05, 0.1) is 12.7 Å². The number of halogens is 1. The second-order valence-electron chi connectivity index (χ2n) is 7.65. The fraction of sp³-hybridized carbons (Fsp3) is 0.450. The quantitative estimate of drug-likeness (QED) is 0.712. The van der Waals surface area contributed by atoms with Gasteiger partial charge < -0.3 is 15.4 Å². The van der Waals surface area contributed by atoms with Crippen LogP contribution in [0.25, 0.3) is 0 Å². The number of rotatable bonds is 7. The third-order valence-electron chi connectivity index (χ3n) is 4.22. The van der Waals surface area contributed by atoms with Gasteiger partial charge in [-0.15, -0.1) is 0 Å². The minimum atomic E-state index is -0.720. The van der Waals surface area contributed by atoms with E-state index in [0.717, 1.165) is 0 Å². The number of amides is 1. The van der Waals surface area contributed by atoms with Crippen molar-refractivity contribution in [1.29, 1.82) is 0 Å². The molecule has 8 nitrogen and oxygen atoms in total. The van der Waals surface area contributed by atoms with Crippen LogP contribution >= 0.6 is 11.6 Å². The highest BCUT2D eigenvalue weighted by Crippen LogP contribution is 2.27. The van der Waals surface area contributed by atoms with Crippen LogP contribution in [0.1, 0.15) is 38.1 Å². The minimum absolute atomic E-state index is 0.0217. The number of benzene rings is 1. The minimum Gasteiger partial charge on any atom is -0.496 e. The molecule has 0 radical (unpaired) electrons. The monoisotopic (exact) mass is 422 g/mol. The molecule has 0 fully saturated rings. The van der Waals surface area contributed by atoms with Crippen molar-refractivity contribution < 1.29 is 9.53 Å². The Hall–Kier alpha value is -2.74. The number of carbonyl (C=O) groups excluding carboxylic acids is 1. The number of nitrogens with zero attached hydrogens (tertiary/aromatic N) is 2. The number of nitrogen functional groups attached to an aromatic ring is 1. The molecule has 0 atom stereocenters. The van der Waals surface area contributed by atoms with E-state index in [-0.39, 0.29) is 35.4 Å². The number of ether oxygens (including phenoxy) is 1. The molecule has 0 aliphatic carbocycles. The Balaban J connectivity index is 2.71. The van der Waals surface area contributed by atoms with E-state index in [0.29, 0.717) is 17.3 Å². The first-order valence-electron chi connectivity index (χ1n) is 9.34. The van der Waals surface area contributed by atoms with Crippen molar-refractivity contribution >= 4 is 29.0 Å². The van der Waals surface area contributed by atoms with Crippen LogP contribution in [0.3, 0.4) is 0 Å². The summed E-state index contributed by atoms with van der Waals surface area (Å²) < 4.78 is 6.56. The van der Waals surface area contributed by atoms with Gasteiger partial charge >= 0.3 is 5.69 Å². The van der Waals surface area contributed by atoms with E-state index < -0.39 is 17.2 Å². The first-order chi connectivity index (χ1) is 13.6. The Labute approximate surface area is 174 Å². The fourth-order valence-electron chi connectivity index (χ4n) is 3.02. The molecule has 1 aromatic heterocycles. The van der Waals surface area contributed by atoms with Gasteiger partial charge in [0.15, 0.2) is 5.69 Å². The lowest BCUT2D eigenvalue weighted by Crippen LogP contribution is -2.43. The third kappa shape index (κ3) is 5.00. The number of nitrogens with one attached hydrogen (secondary N) is 1. The van der Waals surface area contributed by atoms with Crippen molar-refractivity contribution in [1.82, 2.24) is 9.55 Å². The summed E-state index contributed by atoms with van der Waals surface area (Å²) in [4.78, 5) is 41.9. The number of H-pyrrole nitrogens is 1. The maximum atomic E-state index is 13.4. The summed E-state index contributed by atoms with van der Waals surface area (Å²) >= 11 is 6.08. The molecule has 0 aliphatic rings. The molecule has 0 aliphatic heterocycles. The molecule has 0 bridgehead atoms. The Morgan fingerprint density at radius 3 is 2.45 bits per heavy atom. The summed E-state index contributed by atoms with van der Waals surface area (Å²) in [6.07, 6.45) is 0. The Morgan fingerprint density at radius 2 is 1.90 bits per heavy atom. The van der Waals surface area contributed by atoms with Gasteiger partial charge in [-0.1, -0.05) is 39.3 Å². The predicted molar refractivity (Wildman–Crippen MR) is 115 cm³/mol. The van der Waals surface area contributed by atoms with Crippen molar-refractivity contribution in [3.8, 4) is 5.75 Å². The highest BCUT2D eigenvalue weighted by Gasteiger charge is 2.28. The SMILES string of the molecule is COc1ccc(Cl)cc1C(=O)N(CC(C)C)c1c(N)n(CC(C)C)c(=O)[nH]c1=O. The van der Waals surface area contributed by atoms with Crippen LogP contribution in [-0.2, 0) is 6.54 Å². The maximum absolute atomic E-state index is 13.4. The molecule has 0 spiro atoms. The van der Waals surface area contributed by atoms with Crippen molar-refractivity contribution in [3.63, 3.8) is 0 Å². The molecule has 29 heavy (non-hydrogen) atoms. The Bertz CT molecular complexity index is 1010. The van der Waals surface area contributed by atoms with Crippen LogP contribution < -0.4 is 26.6 Å². The molecule has 9 heteroatoms. The molecular formula is C20H27ClN4O4. The van der Waals surface area contributed by atoms with Gasteiger partial charge in [-0.25, -0.2) is 4.79 Å². The van der Waals surface area contributed by atoms with Crippen LogP contribution in [0.15, 0.2) is 27.8 Å². The van der Waals surface area contributed by atoms with E-state index in [1.165, 1.54) is 22.6 Å². The van der Waals surface area contributed by atoms with Gasteiger partial charge in [0, 0.05) is 18.1 Å². The highest BCUT2D eigenvalue weighted by atomic mass is 35.5. The van der Waals surface area contributed by atoms with Crippen LogP contribution in [0, 0.1) is 11.8 Å². The number of nitrogens with two attached hydrogens (primary N) is 1. The summed E-state index contributed by atoms with van der Waals surface area (Å²) in [7, 11) is 1.44. The number of carbonyl (C=O) groups is 1. The molecule has 2 rings (SSSR count). The maximum Gasteiger partial charge on any atom is 0.330 e. The Kier molecular flexibility index (Phi) is 7.13.